The topological polar surface area (TPSA) is 39.1 Å². The number of ether oxygens (including phenoxy) is 1. The minimum atomic E-state index is -0.190. The second kappa shape index (κ2) is 7.79. The monoisotopic (exact) mass is 281 g/mol. The number of aryl methyl sites for hydroxylation is 2. The average Bonchev–Trinajstić information content (AvgIpc) is 2.85. The lowest BCUT2D eigenvalue weighted by Crippen LogP contribution is -2.50. The van der Waals surface area contributed by atoms with Crippen molar-refractivity contribution in [3.8, 4) is 0 Å². The molecule has 116 valence electrons. The third-order valence-electron chi connectivity index (χ3n) is 3.99. The van der Waals surface area contributed by atoms with Crippen molar-refractivity contribution in [2.45, 2.75) is 72.1 Å². The van der Waals surface area contributed by atoms with Crippen LogP contribution in [0.5, 0.6) is 0 Å². The summed E-state index contributed by atoms with van der Waals surface area (Å²) >= 11 is 0. The highest BCUT2D eigenvalue weighted by molar-refractivity contribution is 5.13. The van der Waals surface area contributed by atoms with Gasteiger partial charge in [-0.3, -0.25) is 4.68 Å². The average molecular weight is 281 g/mol. The first kappa shape index (κ1) is 17.2. The van der Waals surface area contributed by atoms with Crippen LogP contribution < -0.4 is 5.32 Å². The highest BCUT2D eigenvalue weighted by Gasteiger charge is 2.29. The predicted octanol–water partition coefficient (Wildman–Crippen LogP) is 2.80. The summed E-state index contributed by atoms with van der Waals surface area (Å²) in [5.41, 5.74) is 2.28. The van der Waals surface area contributed by atoms with E-state index in [0.717, 1.165) is 32.4 Å². The highest BCUT2D eigenvalue weighted by Crippen LogP contribution is 2.19. The summed E-state index contributed by atoms with van der Waals surface area (Å²) < 4.78 is 7.80. The van der Waals surface area contributed by atoms with Crippen LogP contribution in [0.15, 0.2) is 6.07 Å². The summed E-state index contributed by atoms with van der Waals surface area (Å²) in [6.45, 7) is 12.7. The van der Waals surface area contributed by atoms with Crippen LogP contribution in [0.4, 0.5) is 0 Å². The first-order valence-corrected chi connectivity index (χ1v) is 7.82. The van der Waals surface area contributed by atoms with Crippen molar-refractivity contribution >= 4 is 0 Å². The normalized spacial score (nSPS) is 13.7. The maximum Gasteiger partial charge on any atom is 0.0778 e. The number of nitrogens with one attached hydrogen (secondary N) is 1. The van der Waals surface area contributed by atoms with E-state index in [1.165, 1.54) is 11.4 Å². The molecule has 0 bridgehead atoms. The van der Waals surface area contributed by atoms with Crippen LogP contribution in [0.1, 0.15) is 52.4 Å². The molecule has 0 spiro atoms. The molecule has 0 aromatic carbocycles. The fourth-order valence-electron chi connectivity index (χ4n) is 2.36. The van der Waals surface area contributed by atoms with Crippen molar-refractivity contribution in [1.29, 1.82) is 0 Å². The van der Waals surface area contributed by atoms with Crippen molar-refractivity contribution in [2.24, 2.45) is 0 Å². The maximum absolute atomic E-state index is 5.68. The predicted molar refractivity (Wildman–Crippen MR) is 84.2 cm³/mol. The van der Waals surface area contributed by atoms with E-state index in [0.29, 0.717) is 6.04 Å². The molecule has 0 aliphatic carbocycles. The van der Waals surface area contributed by atoms with Gasteiger partial charge in [0, 0.05) is 31.8 Å². The summed E-state index contributed by atoms with van der Waals surface area (Å²) in [6.07, 6.45) is 3.06. The van der Waals surface area contributed by atoms with Crippen LogP contribution in [-0.4, -0.2) is 35.1 Å². The standard InChI is InChI=1S/C16H31N3O/c1-7-10-17-15(16(4,5)20-6)12-14-11-13(8-2)18-19(14)9-3/h11,15,17H,7-10,12H2,1-6H3. The fraction of sp³-hybridized carbons (Fsp3) is 0.812. The number of nitrogens with zero attached hydrogens (tertiary/aromatic N) is 2. The molecule has 0 fully saturated rings. The number of methoxy groups -OCH3 is 1. The van der Waals surface area contributed by atoms with E-state index in [1.54, 1.807) is 7.11 Å². The molecule has 4 heteroatoms. The third kappa shape index (κ3) is 4.32. The fourth-order valence-corrected chi connectivity index (χ4v) is 2.36. The Kier molecular flexibility index (Phi) is 6.69. The van der Waals surface area contributed by atoms with Gasteiger partial charge in [-0.05, 0) is 46.2 Å². The second-order valence-electron chi connectivity index (χ2n) is 5.81. The van der Waals surface area contributed by atoms with Gasteiger partial charge in [-0.15, -0.1) is 0 Å². The first-order valence-electron chi connectivity index (χ1n) is 7.82. The molecule has 20 heavy (non-hydrogen) atoms. The lowest BCUT2D eigenvalue weighted by Gasteiger charge is -2.34. The third-order valence-corrected chi connectivity index (χ3v) is 3.99. The van der Waals surface area contributed by atoms with Gasteiger partial charge in [0.05, 0.1) is 11.3 Å². The maximum atomic E-state index is 5.68. The van der Waals surface area contributed by atoms with Gasteiger partial charge >= 0.3 is 0 Å². The lowest BCUT2D eigenvalue weighted by molar-refractivity contribution is -0.0105. The van der Waals surface area contributed by atoms with Gasteiger partial charge in [-0.1, -0.05) is 13.8 Å². The molecular weight excluding hydrogens is 250 g/mol. The van der Waals surface area contributed by atoms with Crippen LogP contribution in [0.2, 0.25) is 0 Å². The van der Waals surface area contributed by atoms with E-state index in [2.05, 4.69) is 55.8 Å². The lowest BCUT2D eigenvalue weighted by atomic mass is 9.93. The Morgan fingerprint density at radius 2 is 2.05 bits per heavy atom. The van der Waals surface area contributed by atoms with Crippen molar-refractivity contribution in [3.05, 3.63) is 17.5 Å². The molecule has 0 radical (unpaired) electrons. The number of hydrogen-bond acceptors (Lipinski definition) is 3. The molecule has 0 amide bonds. The minimum absolute atomic E-state index is 0.190. The van der Waals surface area contributed by atoms with E-state index < -0.39 is 0 Å². The Morgan fingerprint density at radius 1 is 1.35 bits per heavy atom. The Labute approximate surface area is 123 Å². The van der Waals surface area contributed by atoms with Crippen molar-refractivity contribution in [2.75, 3.05) is 13.7 Å². The molecule has 1 rings (SSSR count). The van der Waals surface area contributed by atoms with Gasteiger partial charge in [0.15, 0.2) is 0 Å². The molecule has 1 heterocycles. The zero-order valence-electron chi connectivity index (χ0n) is 14.0. The molecule has 1 aromatic heterocycles. The van der Waals surface area contributed by atoms with E-state index in [1.807, 2.05) is 0 Å². The molecule has 1 atom stereocenters. The summed E-state index contributed by atoms with van der Waals surface area (Å²) in [5.74, 6) is 0. The van der Waals surface area contributed by atoms with Crippen LogP contribution in [0.25, 0.3) is 0 Å². The summed E-state index contributed by atoms with van der Waals surface area (Å²) in [5, 5.41) is 8.26. The summed E-state index contributed by atoms with van der Waals surface area (Å²) in [4.78, 5) is 0. The SMILES string of the molecule is CCCNC(Cc1cc(CC)nn1CC)C(C)(C)OC. The quantitative estimate of drug-likeness (QED) is 0.756. The molecule has 4 nitrogen and oxygen atoms in total. The van der Waals surface area contributed by atoms with E-state index >= 15 is 0 Å². The Balaban J connectivity index is 2.90. The van der Waals surface area contributed by atoms with Gasteiger partial charge in [0.2, 0.25) is 0 Å². The minimum Gasteiger partial charge on any atom is -0.377 e. The molecule has 0 aliphatic rings. The van der Waals surface area contributed by atoms with Gasteiger partial charge < -0.3 is 10.1 Å². The number of aromatic nitrogens is 2. The second-order valence-corrected chi connectivity index (χ2v) is 5.81. The number of rotatable bonds is 9. The molecule has 1 unspecified atom stereocenters. The largest absolute Gasteiger partial charge is 0.377 e. The van der Waals surface area contributed by atoms with Crippen LogP contribution in [-0.2, 0) is 24.1 Å². The molecular formula is C16H31N3O. The van der Waals surface area contributed by atoms with Crippen LogP contribution >= 0.6 is 0 Å². The Hall–Kier alpha value is -0.870. The van der Waals surface area contributed by atoms with Gasteiger partial charge in [0.1, 0.15) is 0 Å². The Bertz CT molecular complexity index is 398. The highest BCUT2D eigenvalue weighted by atomic mass is 16.5. The van der Waals surface area contributed by atoms with Gasteiger partial charge in [0.25, 0.3) is 0 Å². The molecule has 1 aromatic rings. The van der Waals surface area contributed by atoms with Crippen molar-refractivity contribution in [1.82, 2.24) is 15.1 Å². The first-order chi connectivity index (χ1) is 9.48. The van der Waals surface area contributed by atoms with Crippen molar-refractivity contribution < 1.29 is 4.74 Å². The molecule has 0 saturated carbocycles. The van der Waals surface area contributed by atoms with Crippen LogP contribution in [0.3, 0.4) is 0 Å². The van der Waals surface area contributed by atoms with Gasteiger partial charge in [-0.25, -0.2) is 0 Å². The Morgan fingerprint density at radius 3 is 2.55 bits per heavy atom. The molecule has 1 N–H and O–H groups in total. The smallest absolute Gasteiger partial charge is 0.0778 e. The van der Waals surface area contributed by atoms with E-state index in [9.17, 15) is 0 Å². The van der Waals surface area contributed by atoms with Crippen molar-refractivity contribution in [3.63, 3.8) is 0 Å². The van der Waals surface area contributed by atoms with Crippen LogP contribution in [0, 0.1) is 0 Å². The summed E-state index contributed by atoms with van der Waals surface area (Å²) in [6, 6.07) is 2.52. The number of hydrogen-bond donors (Lipinski definition) is 1. The summed E-state index contributed by atoms with van der Waals surface area (Å²) in [7, 11) is 1.79. The molecule has 0 saturated heterocycles. The van der Waals surface area contributed by atoms with E-state index in [-0.39, 0.29) is 5.60 Å². The van der Waals surface area contributed by atoms with E-state index in [4.69, 9.17) is 4.74 Å². The zero-order chi connectivity index (χ0) is 15.2. The molecule has 0 aliphatic heterocycles. The zero-order valence-corrected chi connectivity index (χ0v) is 14.0. The van der Waals surface area contributed by atoms with Gasteiger partial charge in [-0.2, -0.15) is 5.10 Å².